The van der Waals surface area contributed by atoms with Gasteiger partial charge in [0.1, 0.15) is 6.04 Å². The lowest BCUT2D eigenvalue weighted by Gasteiger charge is -2.36. The highest BCUT2D eigenvalue weighted by molar-refractivity contribution is 5.86. The molecule has 0 bridgehead atoms. The molecule has 0 spiro atoms. The van der Waals surface area contributed by atoms with Crippen molar-refractivity contribution in [2.24, 2.45) is 5.73 Å². The van der Waals surface area contributed by atoms with E-state index in [1.807, 2.05) is 30.3 Å². The molecule has 15 heavy (non-hydrogen) atoms. The second-order valence-corrected chi connectivity index (χ2v) is 3.57. The maximum absolute atomic E-state index is 11.6. The van der Waals surface area contributed by atoms with Crippen molar-refractivity contribution in [3.63, 3.8) is 0 Å². The highest BCUT2D eigenvalue weighted by atomic mass is 16.2. The summed E-state index contributed by atoms with van der Waals surface area (Å²) in [5.41, 5.74) is 6.68. The predicted molar refractivity (Wildman–Crippen MR) is 59.6 cm³/mol. The first-order valence-electron chi connectivity index (χ1n) is 5.12. The molecule has 1 amide bonds. The lowest BCUT2D eigenvalue weighted by atomic mass is 10.1. The number of nitrogens with two attached hydrogens (primary N) is 1. The van der Waals surface area contributed by atoms with Crippen molar-refractivity contribution < 1.29 is 4.79 Å². The zero-order valence-corrected chi connectivity index (χ0v) is 8.52. The second-order valence-electron chi connectivity index (χ2n) is 3.57. The fraction of sp³-hybridized carbons (Fsp3) is 0.364. The van der Waals surface area contributed by atoms with E-state index < -0.39 is 0 Å². The first-order valence-corrected chi connectivity index (χ1v) is 5.12. The fourth-order valence-electron chi connectivity index (χ4n) is 1.88. The van der Waals surface area contributed by atoms with Gasteiger partial charge in [-0.25, -0.2) is 0 Å². The number of benzene rings is 1. The predicted octanol–water partition coefficient (Wildman–Crippen LogP) is -0.0499. The van der Waals surface area contributed by atoms with Gasteiger partial charge < -0.3 is 16.0 Å². The van der Waals surface area contributed by atoms with Gasteiger partial charge in [0.05, 0.1) is 0 Å². The number of nitrogens with one attached hydrogen (secondary N) is 1. The first kappa shape index (κ1) is 9.98. The number of carbonyl (C=O) groups is 1. The van der Waals surface area contributed by atoms with Crippen LogP contribution in [0, 0.1) is 0 Å². The Morgan fingerprint density at radius 3 is 2.80 bits per heavy atom. The van der Waals surface area contributed by atoms with Crippen LogP contribution in [0.5, 0.6) is 0 Å². The molecule has 2 rings (SSSR count). The highest BCUT2D eigenvalue weighted by Crippen LogP contribution is 2.17. The molecule has 4 nitrogen and oxygen atoms in total. The van der Waals surface area contributed by atoms with Crippen molar-refractivity contribution in [2.75, 3.05) is 24.5 Å². The van der Waals surface area contributed by atoms with Gasteiger partial charge in [-0.2, -0.15) is 0 Å². The minimum absolute atomic E-state index is 0.0209. The van der Waals surface area contributed by atoms with Crippen LogP contribution in [0.15, 0.2) is 30.3 Å². The van der Waals surface area contributed by atoms with Gasteiger partial charge in [0, 0.05) is 25.3 Å². The molecule has 1 aliphatic rings. The molecule has 80 valence electrons. The molecule has 0 aliphatic carbocycles. The Bertz CT molecular complexity index is 339. The Hall–Kier alpha value is -1.55. The van der Waals surface area contributed by atoms with E-state index in [0.29, 0.717) is 13.1 Å². The molecule has 0 saturated carbocycles. The van der Waals surface area contributed by atoms with Crippen molar-refractivity contribution in [1.29, 1.82) is 0 Å². The summed E-state index contributed by atoms with van der Waals surface area (Å²) in [7, 11) is 0. The van der Waals surface area contributed by atoms with E-state index in [4.69, 9.17) is 5.73 Å². The van der Waals surface area contributed by atoms with Gasteiger partial charge in [-0.15, -0.1) is 0 Å². The summed E-state index contributed by atoms with van der Waals surface area (Å²) in [5, 5.41) is 2.82. The third kappa shape index (κ3) is 1.94. The molecule has 1 fully saturated rings. The SMILES string of the molecule is NCC1C(=O)NCCN1c1ccccc1. The van der Waals surface area contributed by atoms with E-state index in [0.717, 1.165) is 12.2 Å². The van der Waals surface area contributed by atoms with Crippen LogP contribution in [0.2, 0.25) is 0 Å². The number of para-hydroxylation sites is 1. The zero-order valence-electron chi connectivity index (χ0n) is 8.52. The maximum Gasteiger partial charge on any atom is 0.244 e. The number of amides is 1. The lowest BCUT2D eigenvalue weighted by molar-refractivity contribution is -0.123. The van der Waals surface area contributed by atoms with Crippen LogP contribution in [0.4, 0.5) is 5.69 Å². The average molecular weight is 205 g/mol. The number of hydrogen-bond acceptors (Lipinski definition) is 3. The van der Waals surface area contributed by atoms with Crippen LogP contribution < -0.4 is 16.0 Å². The Balaban J connectivity index is 2.23. The Kier molecular flexibility index (Phi) is 2.87. The Labute approximate surface area is 89.1 Å². The van der Waals surface area contributed by atoms with Crippen LogP contribution in [0.1, 0.15) is 0 Å². The summed E-state index contributed by atoms with van der Waals surface area (Å²) < 4.78 is 0. The van der Waals surface area contributed by atoms with Gasteiger partial charge in [0.15, 0.2) is 0 Å². The van der Waals surface area contributed by atoms with E-state index >= 15 is 0 Å². The van der Waals surface area contributed by atoms with E-state index in [2.05, 4.69) is 10.2 Å². The highest BCUT2D eigenvalue weighted by Gasteiger charge is 2.28. The second kappa shape index (κ2) is 4.31. The lowest BCUT2D eigenvalue weighted by Crippen LogP contribution is -2.58. The molecule has 1 unspecified atom stereocenters. The summed E-state index contributed by atoms with van der Waals surface area (Å²) in [6, 6.07) is 9.67. The maximum atomic E-state index is 11.6. The van der Waals surface area contributed by atoms with Crippen LogP contribution >= 0.6 is 0 Å². The number of hydrogen-bond donors (Lipinski definition) is 2. The molecular weight excluding hydrogens is 190 g/mol. The molecule has 4 heteroatoms. The topological polar surface area (TPSA) is 58.4 Å². The number of nitrogens with zero attached hydrogens (tertiary/aromatic N) is 1. The van der Waals surface area contributed by atoms with Crippen molar-refractivity contribution in [1.82, 2.24) is 5.32 Å². The summed E-state index contributed by atoms with van der Waals surface area (Å²) in [5.74, 6) is 0.0209. The molecule has 0 aromatic heterocycles. The fourth-order valence-corrected chi connectivity index (χ4v) is 1.88. The van der Waals surface area contributed by atoms with Crippen molar-refractivity contribution >= 4 is 11.6 Å². The smallest absolute Gasteiger partial charge is 0.244 e. The molecular formula is C11H15N3O. The average Bonchev–Trinajstić information content (AvgIpc) is 2.30. The van der Waals surface area contributed by atoms with Gasteiger partial charge in [-0.05, 0) is 12.1 Å². The Morgan fingerprint density at radius 2 is 2.13 bits per heavy atom. The van der Waals surface area contributed by atoms with Crippen LogP contribution in [0.3, 0.4) is 0 Å². The molecule has 1 aromatic carbocycles. The largest absolute Gasteiger partial charge is 0.357 e. The molecule has 0 radical (unpaired) electrons. The van der Waals surface area contributed by atoms with Crippen LogP contribution in [0.25, 0.3) is 0 Å². The molecule has 1 heterocycles. The monoisotopic (exact) mass is 205 g/mol. The minimum Gasteiger partial charge on any atom is -0.357 e. The standard InChI is InChI=1S/C11H15N3O/c12-8-10-11(15)13-6-7-14(10)9-4-2-1-3-5-9/h1-5,10H,6-8,12H2,(H,13,15). The van der Waals surface area contributed by atoms with Gasteiger partial charge in [-0.1, -0.05) is 18.2 Å². The van der Waals surface area contributed by atoms with Crippen molar-refractivity contribution in [3.8, 4) is 0 Å². The summed E-state index contributed by atoms with van der Waals surface area (Å²) in [6.07, 6.45) is 0. The van der Waals surface area contributed by atoms with E-state index in [9.17, 15) is 4.79 Å². The van der Waals surface area contributed by atoms with E-state index in [1.165, 1.54) is 0 Å². The van der Waals surface area contributed by atoms with Gasteiger partial charge in [0.2, 0.25) is 5.91 Å². The zero-order chi connectivity index (χ0) is 10.7. The number of rotatable bonds is 2. The van der Waals surface area contributed by atoms with Crippen molar-refractivity contribution in [3.05, 3.63) is 30.3 Å². The van der Waals surface area contributed by atoms with Gasteiger partial charge >= 0.3 is 0 Å². The summed E-state index contributed by atoms with van der Waals surface area (Å²) in [6.45, 7) is 1.85. The van der Waals surface area contributed by atoms with Gasteiger partial charge in [0.25, 0.3) is 0 Å². The summed E-state index contributed by atoms with van der Waals surface area (Å²) >= 11 is 0. The van der Waals surface area contributed by atoms with Crippen molar-refractivity contribution in [2.45, 2.75) is 6.04 Å². The molecule has 1 aromatic rings. The minimum atomic E-state index is -0.235. The van der Waals surface area contributed by atoms with Crippen LogP contribution in [-0.2, 0) is 4.79 Å². The first-order chi connectivity index (χ1) is 7.33. The third-order valence-electron chi connectivity index (χ3n) is 2.64. The molecule has 1 atom stereocenters. The normalized spacial score (nSPS) is 21.3. The number of carbonyl (C=O) groups excluding carboxylic acids is 1. The quantitative estimate of drug-likeness (QED) is 0.711. The van der Waals surface area contributed by atoms with E-state index in [-0.39, 0.29) is 11.9 Å². The number of anilines is 1. The molecule has 3 N–H and O–H groups in total. The summed E-state index contributed by atoms with van der Waals surface area (Å²) in [4.78, 5) is 13.6. The van der Waals surface area contributed by atoms with E-state index in [1.54, 1.807) is 0 Å². The molecule has 1 aliphatic heterocycles. The van der Waals surface area contributed by atoms with Gasteiger partial charge in [-0.3, -0.25) is 4.79 Å². The Morgan fingerprint density at radius 1 is 1.40 bits per heavy atom. The number of piperazine rings is 1. The van der Waals surface area contributed by atoms with Crippen LogP contribution in [-0.4, -0.2) is 31.6 Å². The third-order valence-corrected chi connectivity index (χ3v) is 2.64. The molecule has 1 saturated heterocycles.